The number of hydrogen-bond donors (Lipinski definition) is 0. The Labute approximate surface area is 387 Å². The highest BCUT2D eigenvalue weighted by molar-refractivity contribution is 6.40. The van der Waals surface area contributed by atoms with Crippen molar-refractivity contribution in [2.75, 3.05) is 0 Å². The molecule has 0 aliphatic rings. The Morgan fingerprint density at radius 3 is 1.61 bits per heavy atom. The third-order valence-corrected chi connectivity index (χ3v) is 15.5. The molecule has 0 N–H and O–H groups in total. The van der Waals surface area contributed by atoms with Crippen LogP contribution in [0.3, 0.4) is 0 Å². The van der Waals surface area contributed by atoms with E-state index in [1.807, 2.05) is 0 Å². The zero-order chi connectivity index (χ0) is 44.8. The Hall–Kier alpha value is -7.88. The number of nitrogens with zero attached hydrogens (tertiary/aromatic N) is 3. The van der Waals surface area contributed by atoms with Gasteiger partial charge in [0.15, 0.2) is 0 Å². The molecule has 3 heteroatoms. The molecule has 5 aromatic heterocycles. The van der Waals surface area contributed by atoms with Crippen molar-refractivity contribution in [2.24, 2.45) is 0 Å². The zero-order valence-electron chi connectivity index (χ0n) is 38.6. The molecule has 0 fully saturated rings. The third-order valence-electron chi connectivity index (χ3n) is 15.5. The molecule has 0 saturated heterocycles. The molecular weight excluding hydrogens is 811 g/mol. The maximum atomic E-state index is 2.65. The summed E-state index contributed by atoms with van der Waals surface area (Å²) in [6, 6.07) is 66.9. The van der Waals surface area contributed by atoms with Crippen molar-refractivity contribution >= 4 is 120 Å². The molecule has 15 aromatic rings. The molecule has 10 aromatic carbocycles. The lowest BCUT2D eigenvalue weighted by Crippen LogP contribution is -2.11. The standard InChI is InChI=1S/C64H47N3/c1-63(2,3)39-32-46(38-25-27-53-47(30-38)44-22-14-15-23-52(44)65(53)41-18-8-7-9-19-41)60-48(33-39)49-34-40(64(4,5)6)35-51-58-54(66(60)61(49)51)28-29-55-57(58)50-31-37-17-11-12-20-42(37)56-45-26-24-36-16-10-13-21-43(36)59(45)67(55)62(50)56/h7-35H,1-6H3. The predicted molar refractivity (Wildman–Crippen MR) is 288 cm³/mol. The van der Waals surface area contributed by atoms with Crippen molar-refractivity contribution in [2.45, 2.75) is 52.4 Å². The summed E-state index contributed by atoms with van der Waals surface area (Å²) in [4.78, 5) is 0. The molecule has 0 amide bonds. The normalized spacial score (nSPS) is 13.2. The van der Waals surface area contributed by atoms with E-state index in [0.717, 1.165) is 0 Å². The van der Waals surface area contributed by atoms with Crippen LogP contribution in [-0.2, 0) is 10.8 Å². The molecular formula is C64H47N3. The van der Waals surface area contributed by atoms with Gasteiger partial charge in [0, 0.05) is 70.5 Å². The average molecular weight is 858 g/mol. The second-order valence-electron chi connectivity index (χ2n) is 21.3. The summed E-state index contributed by atoms with van der Waals surface area (Å²) in [5, 5.41) is 18.3. The zero-order valence-corrected chi connectivity index (χ0v) is 38.6. The maximum Gasteiger partial charge on any atom is 0.0627 e. The summed E-state index contributed by atoms with van der Waals surface area (Å²) >= 11 is 0. The summed E-state index contributed by atoms with van der Waals surface area (Å²) in [5.74, 6) is 0. The molecule has 0 aliphatic heterocycles. The molecule has 0 saturated carbocycles. The van der Waals surface area contributed by atoms with Crippen LogP contribution in [0.2, 0.25) is 0 Å². The predicted octanol–water partition coefficient (Wildman–Crippen LogP) is 17.7. The summed E-state index contributed by atoms with van der Waals surface area (Å²) in [6.07, 6.45) is 0. The third kappa shape index (κ3) is 4.76. The smallest absolute Gasteiger partial charge is 0.0627 e. The second-order valence-corrected chi connectivity index (χ2v) is 21.3. The molecule has 5 heterocycles. The molecule has 0 unspecified atom stereocenters. The molecule has 0 bridgehead atoms. The van der Waals surface area contributed by atoms with Gasteiger partial charge in [-0.1, -0.05) is 145 Å². The average Bonchev–Trinajstić information content (AvgIpc) is 4.13. The molecule has 0 atom stereocenters. The van der Waals surface area contributed by atoms with E-state index in [1.165, 1.54) is 147 Å². The highest BCUT2D eigenvalue weighted by Crippen LogP contribution is 2.52. The minimum Gasteiger partial charge on any atom is -0.309 e. The highest BCUT2D eigenvalue weighted by Gasteiger charge is 2.30. The van der Waals surface area contributed by atoms with E-state index in [0.29, 0.717) is 0 Å². The summed E-state index contributed by atoms with van der Waals surface area (Å²) in [7, 11) is 0. The number of hydrogen-bond acceptors (Lipinski definition) is 0. The Kier molecular flexibility index (Phi) is 6.97. The maximum absolute atomic E-state index is 2.65. The van der Waals surface area contributed by atoms with Gasteiger partial charge in [-0.2, -0.15) is 0 Å². The molecule has 0 radical (unpaired) electrons. The van der Waals surface area contributed by atoms with Gasteiger partial charge in [-0.15, -0.1) is 0 Å². The van der Waals surface area contributed by atoms with Crippen molar-refractivity contribution in [1.82, 2.24) is 13.4 Å². The van der Waals surface area contributed by atoms with Crippen molar-refractivity contribution in [3.8, 4) is 16.8 Å². The van der Waals surface area contributed by atoms with Gasteiger partial charge in [-0.05, 0) is 116 Å². The van der Waals surface area contributed by atoms with Crippen LogP contribution in [0.5, 0.6) is 0 Å². The molecule has 0 aliphatic carbocycles. The number of para-hydroxylation sites is 2. The van der Waals surface area contributed by atoms with Crippen LogP contribution in [0, 0.1) is 0 Å². The van der Waals surface area contributed by atoms with Crippen LogP contribution in [-0.4, -0.2) is 13.4 Å². The minimum atomic E-state index is -0.0705. The lowest BCUT2D eigenvalue weighted by Gasteiger charge is -2.22. The fourth-order valence-corrected chi connectivity index (χ4v) is 12.4. The van der Waals surface area contributed by atoms with Crippen LogP contribution in [0.4, 0.5) is 0 Å². The first-order valence-corrected chi connectivity index (χ1v) is 23.9. The van der Waals surface area contributed by atoms with Crippen molar-refractivity contribution in [3.05, 3.63) is 187 Å². The van der Waals surface area contributed by atoms with Gasteiger partial charge in [0.1, 0.15) is 0 Å². The first-order valence-electron chi connectivity index (χ1n) is 23.9. The van der Waals surface area contributed by atoms with Crippen LogP contribution in [0.15, 0.2) is 176 Å². The van der Waals surface area contributed by atoms with Gasteiger partial charge in [-0.3, -0.25) is 0 Å². The SMILES string of the molecule is CC(C)(C)c1cc(-c2ccc3c(c2)c2ccccc2n3-c2ccccc2)c2c(c1)c1cc(C(C)(C)C)cc3c4c5c6cc7ccccc7c7c8ccc9ccccc9c8n(c5ccc4n2c13)c67. The van der Waals surface area contributed by atoms with Gasteiger partial charge in [0.25, 0.3) is 0 Å². The number of aromatic nitrogens is 3. The summed E-state index contributed by atoms with van der Waals surface area (Å²) < 4.78 is 7.69. The van der Waals surface area contributed by atoms with Crippen molar-refractivity contribution in [1.29, 1.82) is 0 Å². The molecule has 3 nitrogen and oxygen atoms in total. The molecule has 318 valence electrons. The largest absolute Gasteiger partial charge is 0.309 e. The highest BCUT2D eigenvalue weighted by atomic mass is 15.0. The van der Waals surface area contributed by atoms with E-state index in [-0.39, 0.29) is 10.8 Å². The van der Waals surface area contributed by atoms with Crippen LogP contribution in [0.25, 0.3) is 136 Å². The second kappa shape index (κ2) is 12.5. The van der Waals surface area contributed by atoms with Gasteiger partial charge in [0.2, 0.25) is 0 Å². The fourth-order valence-electron chi connectivity index (χ4n) is 12.4. The van der Waals surface area contributed by atoms with Crippen molar-refractivity contribution in [3.63, 3.8) is 0 Å². The summed E-state index contributed by atoms with van der Waals surface area (Å²) in [6.45, 7) is 14.2. The number of rotatable bonds is 2. The van der Waals surface area contributed by atoms with Gasteiger partial charge in [-0.25, -0.2) is 0 Å². The lowest BCUT2D eigenvalue weighted by molar-refractivity contribution is 0.591. The quantitative estimate of drug-likeness (QED) is 0.164. The van der Waals surface area contributed by atoms with Crippen molar-refractivity contribution < 1.29 is 0 Å². The van der Waals surface area contributed by atoms with Crippen LogP contribution >= 0.6 is 0 Å². The molecule has 0 spiro atoms. The summed E-state index contributed by atoms with van der Waals surface area (Å²) in [5.41, 5.74) is 16.4. The van der Waals surface area contributed by atoms with E-state index in [9.17, 15) is 0 Å². The molecule has 15 rings (SSSR count). The monoisotopic (exact) mass is 857 g/mol. The van der Waals surface area contributed by atoms with Gasteiger partial charge < -0.3 is 13.4 Å². The lowest BCUT2D eigenvalue weighted by atomic mass is 9.83. The van der Waals surface area contributed by atoms with Gasteiger partial charge >= 0.3 is 0 Å². The van der Waals surface area contributed by atoms with Gasteiger partial charge in [0.05, 0.1) is 44.1 Å². The Morgan fingerprint density at radius 1 is 0.313 bits per heavy atom. The topological polar surface area (TPSA) is 13.8 Å². The Bertz CT molecular complexity index is 4620. The minimum absolute atomic E-state index is 0.0695. The van der Waals surface area contributed by atoms with E-state index in [2.05, 4.69) is 231 Å². The van der Waals surface area contributed by atoms with Crippen LogP contribution in [0.1, 0.15) is 52.7 Å². The van der Waals surface area contributed by atoms with E-state index in [4.69, 9.17) is 0 Å². The molecule has 67 heavy (non-hydrogen) atoms. The number of fused-ring (bicyclic) bond motifs is 20. The van der Waals surface area contributed by atoms with E-state index >= 15 is 0 Å². The number of benzene rings is 10. The fraction of sp³-hybridized carbons (Fsp3) is 0.125. The Balaban J connectivity index is 1.14. The first-order chi connectivity index (χ1) is 32.5. The van der Waals surface area contributed by atoms with E-state index in [1.54, 1.807) is 0 Å². The van der Waals surface area contributed by atoms with Crippen LogP contribution < -0.4 is 0 Å². The Morgan fingerprint density at radius 2 is 0.866 bits per heavy atom. The first kappa shape index (κ1) is 37.4. The van der Waals surface area contributed by atoms with E-state index < -0.39 is 0 Å².